The molecule has 1 amide bonds. The summed E-state index contributed by atoms with van der Waals surface area (Å²) in [6.07, 6.45) is 2.02. The van der Waals surface area contributed by atoms with E-state index in [4.69, 9.17) is 21.7 Å². The number of unbranched alkanes of at least 4 members (excludes halogenated alkanes) is 1. The number of anilines is 1. The van der Waals surface area contributed by atoms with Gasteiger partial charge in [-0.3, -0.25) is 10.1 Å². The summed E-state index contributed by atoms with van der Waals surface area (Å²) in [4.78, 5) is 12.6. The van der Waals surface area contributed by atoms with Gasteiger partial charge in [-0.2, -0.15) is 0 Å². The highest BCUT2D eigenvalue weighted by Crippen LogP contribution is 2.24. The lowest BCUT2D eigenvalue weighted by Crippen LogP contribution is -2.34. The molecule has 0 aliphatic rings. The maximum atomic E-state index is 12.6. The molecule has 0 spiro atoms. The minimum Gasteiger partial charge on any atom is -0.494 e. The molecule has 160 valence electrons. The number of benzene rings is 3. The molecule has 0 fully saturated rings. The summed E-state index contributed by atoms with van der Waals surface area (Å²) in [5.74, 6) is 1.01. The Bertz CT molecular complexity index is 1010. The zero-order valence-corrected chi connectivity index (χ0v) is 18.3. The smallest absolute Gasteiger partial charge is 0.257 e. The third-order valence-corrected chi connectivity index (χ3v) is 4.67. The Morgan fingerprint density at radius 3 is 2.52 bits per heavy atom. The first-order valence-corrected chi connectivity index (χ1v) is 10.7. The lowest BCUT2D eigenvalue weighted by atomic mass is 10.2. The van der Waals surface area contributed by atoms with Crippen molar-refractivity contribution < 1.29 is 14.3 Å². The minimum atomic E-state index is -0.305. The molecule has 0 unspecified atom stereocenters. The van der Waals surface area contributed by atoms with Gasteiger partial charge in [0.25, 0.3) is 5.91 Å². The molecule has 0 saturated heterocycles. The van der Waals surface area contributed by atoms with Crippen LogP contribution in [0.2, 0.25) is 0 Å². The Hall–Kier alpha value is -3.38. The van der Waals surface area contributed by atoms with Crippen LogP contribution < -0.4 is 20.1 Å². The van der Waals surface area contributed by atoms with Crippen molar-refractivity contribution in [3.8, 4) is 11.5 Å². The monoisotopic (exact) mass is 434 g/mol. The van der Waals surface area contributed by atoms with Crippen molar-refractivity contribution in [2.75, 3.05) is 11.9 Å². The summed E-state index contributed by atoms with van der Waals surface area (Å²) < 4.78 is 11.6. The van der Waals surface area contributed by atoms with E-state index in [1.807, 2.05) is 60.7 Å². The largest absolute Gasteiger partial charge is 0.494 e. The number of para-hydroxylation sites is 2. The number of amides is 1. The second kappa shape index (κ2) is 11.7. The number of hydrogen-bond donors (Lipinski definition) is 2. The van der Waals surface area contributed by atoms with Crippen LogP contribution in [-0.2, 0) is 6.61 Å². The second-order valence-corrected chi connectivity index (χ2v) is 7.32. The lowest BCUT2D eigenvalue weighted by molar-refractivity contribution is 0.0977. The summed E-state index contributed by atoms with van der Waals surface area (Å²) >= 11 is 5.34. The Kier molecular flexibility index (Phi) is 8.43. The van der Waals surface area contributed by atoms with Gasteiger partial charge in [0.1, 0.15) is 18.1 Å². The molecule has 0 atom stereocenters. The molecular formula is C25H26N2O3S. The quantitative estimate of drug-likeness (QED) is 0.340. The molecule has 0 radical (unpaired) electrons. The predicted molar refractivity (Wildman–Crippen MR) is 128 cm³/mol. The summed E-state index contributed by atoms with van der Waals surface area (Å²) in [6, 6.07) is 24.4. The van der Waals surface area contributed by atoms with Crippen LogP contribution in [0.1, 0.15) is 35.7 Å². The third kappa shape index (κ3) is 7.12. The van der Waals surface area contributed by atoms with Crippen LogP contribution in [0.5, 0.6) is 11.5 Å². The van der Waals surface area contributed by atoms with Crippen LogP contribution in [0.25, 0.3) is 0 Å². The van der Waals surface area contributed by atoms with Crippen molar-refractivity contribution in [1.29, 1.82) is 0 Å². The Morgan fingerprint density at radius 1 is 0.935 bits per heavy atom. The summed E-state index contributed by atoms with van der Waals surface area (Å²) in [7, 11) is 0. The SMILES string of the molecule is CCCCOc1cccc(C(=O)NC(=S)Nc2ccccc2OCc2ccccc2)c1. The molecule has 6 heteroatoms. The molecule has 5 nitrogen and oxygen atoms in total. The Morgan fingerprint density at radius 2 is 1.71 bits per heavy atom. The van der Waals surface area contributed by atoms with Crippen molar-refractivity contribution in [1.82, 2.24) is 5.32 Å². The van der Waals surface area contributed by atoms with Gasteiger partial charge in [0, 0.05) is 5.56 Å². The molecule has 0 heterocycles. The van der Waals surface area contributed by atoms with Gasteiger partial charge in [-0.25, -0.2) is 0 Å². The standard InChI is InChI=1S/C25H26N2O3S/c1-2-3-16-29-21-13-9-12-20(17-21)24(28)27-25(31)26-22-14-7-8-15-23(22)30-18-19-10-5-4-6-11-19/h4-15,17H,2-3,16,18H2,1H3,(H2,26,27,28,31). The number of carbonyl (C=O) groups excluding carboxylic acids is 1. The fraction of sp³-hybridized carbons (Fsp3) is 0.200. The van der Waals surface area contributed by atoms with Crippen molar-refractivity contribution >= 4 is 28.9 Å². The van der Waals surface area contributed by atoms with Crippen LogP contribution in [-0.4, -0.2) is 17.6 Å². The fourth-order valence-corrected chi connectivity index (χ4v) is 3.02. The highest BCUT2D eigenvalue weighted by atomic mass is 32.1. The molecule has 0 aromatic heterocycles. The molecular weight excluding hydrogens is 408 g/mol. The Labute approximate surface area is 188 Å². The van der Waals surface area contributed by atoms with Gasteiger partial charge in [0.2, 0.25) is 0 Å². The van der Waals surface area contributed by atoms with E-state index in [9.17, 15) is 4.79 Å². The Balaban J connectivity index is 1.58. The van der Waals surface area contributed by atoms with Crippen molar-refractivity contribution in [2.45, 2.75) is 26.4 Å². The maximum absolute atomic E-state index is 12.6. The zero-order chi connectivity index (χ0) is 21.9. The molecule has 0 aliphatic heterocycles. The normalized spacial score (nSPS) is 10.2. The van der Waals surface area contributed by atoms with E-state index in [2.05, 4.69) is 17.6 Å². The van der Waals surface area contributed by atoms with Crippen molar-refractivity contribution in [3.05, 3.63) is 90.0 Å². The molecule has 0 bridgehead atoms. The van der Waals surface area contributed by atoms with Gasteiger partial charge in [-0.1, -0.05) is 61.9 Å². The van der Waals surface area contributed by atoms with Crippen LogP contribution in [0, 0.1) is 0 Å². The summed E-state index contributed by atoms with van der Waals surface area (Å²) in [6.45, 7) is 3.16. The predicted octanol–water partition coefficient (Wildman–Crippen LogP) is 5.57. The highest BCUT2D eigenvalue weighted by Gasteiger charge is 2.11. The van der Waals surface area contributed by atoms with Gasteiger partial charge < -0.3 is 14.8 Å². The first kappa shape index (κ1) is 22.3. The molecule has 2 N–H and O–H groups in total. The van der Waals surface area contributed by atoms with E-state index in [1.54, 1.807) is 18.2 Å². The van der Waals surface area contributed by atoms with E-state index >= 15 is 0 Å². The molecule has 3 rings (SSSR count). The number of thiocarbonyl (C=S) groups is 1. The van der Waals surface area contributed by atoms with E-state index in [0.29, 0.717) is 36.0 Å². The van der Waals surface area contributed by atoms with Crippen LogP contribution in [0.15, 0.2) is 78.9 Å². The van der Waals surface area contributed by atoms with Crippen molar-refractivity contribution in [2.24, 2.45) is 0 Å². The van der Waals surface area contributed by atoms with Gasteiger partial charge in [-0.05, 0) is 54.5 Å². The number of nitrogens with one attached hydrogen (secondary N) is 2. The first-order chi connectivity index (χ1) is 15.2. The minimum absolute atomic E-state index is 0.193. The van der Waals surface area contributed by atoms with Gasteiger partial charge in [-0.15, -0.1) is 0 Å². The fourth-order valence-electron chi connectivity index (χ4n) is 2.82. The van der Waals surface area contributed by atoms with E-state index in [1.165, 1.54) is 0 Å². The maximum Gasteiger partial charge on any atom is 0.257 e. The number of ether oxygens (including phenoxy) is 2. The van der Waals surface area contributed by atoms with Crippen LogP contribution in [0.4, 0.5) is 5.69 Å². The highest BCUT2D eigenvalue weighted by molar-refractivity contribution is 7.80. The number of hydrogen-bond acceptors (Lipinski definition) is 4. The van der Waals surface area contributed by atoms with E-state index < -0.39 is 0 Å². The van der Waals surface area contributed by atoms with E-state index in [-0.39, 0.29) is 11.0 Å². The van der Waals surface area contributed by atoms with Gasteiger partial charge in [0.05, 0.1) is 12.3 Å². The topological polar surface area (TPSA) is 59.6 Å². The molecule has 0 aliphatic carbocycles. The molecule has 3 aromatic carbocycles. The molecule has 0 saturated carbocycles. The average Bonchev–Trinajstić information content (AvgIpc) is 2.79. The third-order valence-electron chi connectivity index (χ3n) is 4.46. The van der Waals surface area contributed by atoms with E-state index in [0.717, 1.165) is 18.4 Å². The molecule has 31 heavy (non-hydrogen) atoms. The molecule has 3 aromatic rings. The first-order valence-electron chi connectivity index (χ1n) is 10.3. The average molecular weight is 435 g/mol. The summed E-state index contributed by atoms with van der Waals surface area (Å²) in [5.41, 5.74) is 2.22. The summed E-state index contributed by atoms with van der Waals surface area (Å²) in [5, 5.41) is 5.95. The number of carbonyl (C=O) groups is 1. The van der Waals surface area contributed by atoms with Gasteiger partial charge in [0.15, 0.2) is 5.11 Å². The van der Waals surface area contributed by atoms with Crippen LogP contribution >= 0.6 is 12.2 Å². The zero-order valence-electron chi connectivity index (χ0n) is 17.5. The second-order valence-electron chi connectivity index (χ2n) is 6.91. The van der Waals surface area contributed by atoms with Gasteiger partial charge >= 0.3 is 0 Å². The number of rotatable bonds is 9. The lowest BCUT2D eigenvalue weighted by Gasteiger charge is -2.14. The van der Waals surface area contributed by atoms with Crippen molar-refractivity contribution in [3.63, 3.8) is 0 Å². The van der Waals surface area contributed by atoms with Crippen LogP contribution in [0.3, 0.4) is 0 Å².